The highest BCUT2D eigenvalue weighted by molar-refractivity contribution is 7.47. The molecule has 0 aromatic rings. The molecule has 0 aliphatic rings. The fraction of sp³-hybridized carbons (Fsp3) is 0.952. The Kier molecular flexibility index (Phi) is 71.8. The van der Waals surface area contributed by atoms with E-state index in [2.05, 4.69) is 48.5 Å². The molecule has 0 aromatic heterocycles. The number of hydrogen-bond donors (Lipinski definition) is 3. The van der Waals surface area contributed by atoms with Crippen molar-refractivity contribution in [3.05, 3.63) is 0 Å². The number of unbranched alkanes of at least 4 members (excludes halogenated alkanes) is 48. The normalized spacial score (nSPS) is 14.2. The molecular formula is C83H162O17P2. The Labute approximate surface area is 626 Å². The van der Waals surface area contributed by atoms with E-state index >= 15 is 0 Å². The van der Waals surface area contributed by atoms with Crippen molar-refractivity contribution in [3.8, 4) is 0 Å². The number of aliphatic hydroxyl groups excluding tert-OH is 1. The van der Waals surface area contributed by atoms with Crippen molar-refractivity contribution in [2.24, 2.45) is 17.8 Å². The van der Waals surface area contributed by atoms with Gasteiger partial charge in [-0.2, -0.15) is 0 Å². The van der Waals surface area contributed by atoms with E-state index in [1.54, 1.807) is 0 Å². The molecule has 3 N–H and O–H groups in total. The quantitative estimate of drug-likeness (QED) is 0.0222. The summed E-state index contributed by atoms with van der Waals surface area (Å²) in [5, 5.41) is 10.6. The zero-order valence-electron chi connectivity index (χ0n) is 67.1. The van der Waals surface area contributed by atoms with Gasteiger partial charge in [-0.3, -0.25) is 37.3 Å². The summed E-state index contributed by atoms with van der Waals surface area (Å²) in [5.41, 5.74) is 0. The van der Waals surface area contributed by atoms with Crippen LogP contribution < -0.4 is 0 Å². The molecule has 3 unspecified atom stereocenters. The second-order valence-electron chi connectivity index (χ2n) is 31.1. The van der Waals surface area contributed by atoms with Gasteiger partial charge in [-0.1, -0.05) is 382 Å². The van der Waals surface area contributed by atoms with E-state index in [-0.39, 0.29) is 25.7 Å². The summed E-state index contributed by atoms with van der Waals surface area (Å²) in [6.45, 7) is 11.9. The lowest BCUT2D eigenvalue weighted by molar-refractivity contribution is -0.161. The predicted octanol–water partition coefficient (Wildman–Crippen LogP) is 24.9. The fourth-order valence-corrected chi connectivity index (χ4v) is 14.4. The Morgan fingerprint density at radius 3 is 0.745 bits per heavy atom. The molecule has 0 aliphatic carbocycles. The van der Waals surface area contributed by atoms with Crippen molar-refractivity contribution in [3.63, 3.8) is 0 Å². The Morgan fingerprint density at radius 2 is 0.500 bits per heavy atom. The molecule has 0 aliphatic heterocycles. The molecule has 0 saturated carbocycles. The van der Waals surface area contributed by atoms with Crippen LogP contribution in [0.3, 0.4) is 0 Å². The molecule has 0 spiro atoms. The zero-order chi connectivity index (χ0) is 75.1. The molecule has 0 aromatic carbocycles. The van der Waals surface area contributed by atoms with E-state index in [0.717, 1.165) is 108 Å². The molecule has 0 heterocycles. The van der Waals surface area contributed by atoms with Gasteiger partial charge >= 0.3 is 39.5 Å². The van der Waals surface area contributed by atoms with E-state index in [4.69, 9.17) is 37.0 Å². The first-order valence-corrected chi connectivity index (χ1v) is 45.9. The van der Waals surface area contributed by atoms with Crippen molar-refractivity contribution in [1.82, 2.24) is 0 Å². The number of hydrogen-bond acceptors (Lipinski definition) is 15. The molecule has 0 saturated heterocycles. The van der Waals surface area contributed by atoms with Crippen LogP contribution in [0.15, 0.2) is 0 Å². The molecular weight excluding hydrogens is 1330 g/mol. The number of aliphatic hydroxyl groups is 1. The van der Waals surface area contributed by atoms with Crippen molar-refractivity contribution in [1.29, 1.82) is 0 Å². The van der Waals surface area contributed by atoms with E-state index in [9.17, 15) is 43.2 Å². The van der Waals surface area contributed by atoms with Gasteiger partial charge in [0.15, 0.2) is 12.2 Å². The van der Waals surface area contributed by atoms with Crippen LogP contribution in [0.2, 0.25) is 0 Å². The largest absolute Gasteiger partial charge is 0.472 e. The highest BCUT2D eigenvalue weighted by Crippen LogP contribution is 2.45. The van der Waals surface area contributed by atoms with Crippen molar-refractivity contribution in [2.45, 2.75) is 452 Å². The topological polar surface area (TPSA) is 237 Å². The summed E-state index contributed by atoms with van der Waals surface area (Å²) in [6.07, 6.45) is 62.7. The average molecular weight is 1490 g/mol. The molecule has 102 heavy (non-hydrogen) atoms. The molecule has 0 radical (unpaired) electrons. The number of phosphoric acid groups is 2. The SMILES string of the molecule is CCCCCCCCCCCCCCCCCCCCCCCC(=O)O[C@H](COC(=O)CCCCCCCCCCCCCCCCCC(C)C)COP(=O)(O)OC[C@@H](O)COP(=O)(O)OC[C@@H](COC(=O)CCCCCCCCC(C)C)OC(=O)CCCCCCCCCCCCC(C)CC. The summed E-state index contributed by atoms with van der Waals surface area (Å²) >= 11 is 0. The van der Waals surface area contributed by atoms with E-state index < -0.39 is 97.5 Å². The van der Waals surface area contributed by atoms with Crippen LogP contribution in [-0.2, 0) is 65.4 Å². The molecule has 17 nitrogen and oxygen atoms in total. The molecule has 606 valence electrons. The minimum Gasteiger partial charge on any atom is -0.462 e. The Morgan fingerprint density at radius 1 is 0.284 bits per heavy atom. The average Bonchev–Trinajstić information content (AvgIpc) is 1.01. The second-order valence-corrected chi connectivity index (χ2v) is 34.0. The summed E-state index contributed by atoms with van der Waals surface area (Å²) in [4.78, 5) is 73.0. The Bertz CT molecular complexity index is 1980. The van der Waals surface area contributed by atoms with Crippen LogP contribution >= 0.6 is 15.6 Å². The predicted molar refractivity (Wildman–Crippen MR) is 418 cm³/mol. The zero-order valence-corrected chi connectivity index (χ0v) is 68.9. The third-order valence-electron chi connectivity index (χ3n) is 19.7. The summed E-state index contributed by atoms with van der Waals surface area (Å²) in [7, 11) is -9.92. The summed E-state index contributed by atoms with van der Waals surface area (Å²) in [6, 6.07) is 0. The first-order valence-electron chi connectivity index (χ1n) is 42.9. The van der Waals surface area contributed by atoms with Crippen LogP contribution in [-0.4, -0.2) is 96.7 Å². The minimum atomic E-state index is -4.96. The van der Waals surface area contributed by atoms with E-state index in [0.29, 0.717) is 31.6 Å². The van der Waals surface area contributed by atoms with Gasteiger partial charge in [-0.15, -0.1) is 0 Å². The van der Waals surface area contributed by atoms with E-state index in [1.807, 2.05) is 0 Å². The number of carbonyl (C=O) groups is 4. The third-order valence-corrected chi connectivity index (χ3v) is 21.6. The lowest BCUT2D eigenvalue weighted by atomic mass is 9.99. The molecule has 0 amide bonds. The number of phosphoric ester groups is 2. The highest BCUT2D eigenvalue weighted by atomic mass is 31.2. The lowest BCUT2D eigenvalue weighted by Gasteiger charge is -2.21. The third kappa shape index (κ3) is 74.9. The lowest BCUT2D eigenvalue weighted by Crippen LogP contribution is -2.30. The number of rotatable bonds is 81. The van der Waals surface area contributed by atoms with Gasteiger partial charge < -0.3 is 33.8 Å². The summed E-state index contributed by atoms with van der Waals surface area (Å²) in [5.74, 6) is 0.177. The maximum absolute atomic E-state index is 13.1. The Balaban J connectivity index is 5.21. The van der Waals surface area contributed by atoms with Crippen molar-refractivity contribution < 1.29 is 80.2 Å². The number of esters is 4. The number of ether oxygens (including phenoxy) is 4. The molecule has 0 bridgehead atoms. The first kappa shape index (κ1) is 100. The van der Waals surface area contributed by atoms with Crippen LogP contribution in [0.25, 0.3) is 0 Å². The number of carbonyl (C=O) groups excluding carboxylic acids is 4. The summed E-state index contributed by atoms with van der Waals surface area (Å²) < 4.78 is 68.7. The minimum absolute atomic E-state index is 0.105. The van der Waals surface area contributed by atoms with E-state index in [1.165, 1.54) is 238 Å². The van der Waals surface area contributed by atoms with Crippen molar-refractivity contribution in [2.75, 3.05) is 39.6 Å². The van der Waals surface area contributed by atoms with Gasteiger partial charge in [0.2, 0.25) is 0 Å². The molecule has 19 heteroatoms. The van der Waals surface area contributed by atoms with Gasteiger partial charge in [-0.25, -0.2) is 9.13 Å². The van der Waals surface area contributed by atoms with Crippen LogP contribution in [0.5, 0.6) is 0 Å². The smallest absolute Gasteiger partial charge is 0.462 e. The maximum atomic E-state index is 13.1. The van der Waals surface area contributed by atoms with Gasteiger partial charge in [0.25, 0.3) is 0 Å². The van der Waals surface area contributed by atoms with Gasteiger partial charge in [-0.05, 0) is 43.4 Å². The molecule has 6 atom stereocenters. The highest BCUT2D eigenvalue weighted by Gasteiger charge is 2.30. The van der Waals surface area contributed by atoms with Gasteiger partial charge in [0.1, 0.15) is 19.3 Å². The van der Waals surface area contributed by atoms with Gasteiger partial charge in [0, 0.05) is 25.7 Å². The molecule has 0 fully saturated rings. The second kappa shape index (κ2) is 73.2. The monoisotopic (exact) mass is 1490 g/mol. The fourth-order valence-electron chi connectivity index (χ4n) is 12.8. The van der Waals surface area contributed by atoms with Crippen LogP contribution in [0, 0.1) is 17.8 Å². The maximum Gasteiger partial charge on any atom is 0.472 e. The Hall–Kier alpha value is -1.94. The standard InChI is InChI=1S/C83H162O17P2/c1-8-10-11-12-13-14-15-16-17-18-19-20-21-22-25-29-32-38-43-52-59-66-82(87)99-78(70-93-80(85)64-57-50-42-37-31-28-26-23-24-27-30-35-40-47-54-61-74(3)4)72-97-101(89,90)95-68-77(84)69-96-102(91,92)98-73-79(71-94-81(86)65-58-51-46-45-48-55-62-75(5)6)100-83(88)67-60-53-44-39-34-33-36-41-49-56-63-76(7)9-2/h74-79,84H,8-73H2,1-7H3,(H,89,90)(H,91,92)/t76?,77-,78-,79-/m1/s1. The van der Waals surface area contributed by atoms with Crippen molar-refractivity contribution >= 4 is 39.5 Å². The van der Waals surface area contributed by atoms with Gasteiger partial charge in [0.05, 0.1) is 26.4 Å². The molecule has 0 rings (SSSR count). The van der Waals surface area contributed by atoms with Crippen LogP contribution in [0.1, 0.15) is 434 Å². The first-order chi connectivity index (χ1) is 49.3. The van der Waals surface area contributed by atoms with Crippen LogP contribution in [0.4, 0.5) is 0 Å².